The lowest BCUT2D eigenvalue weighted by Crippen LogP contribution is -2.49. The maximum Gasteiger partial charge on any atom is 0.239 e. The van der Waals surface area contributed by atoms with Gasteiger partial charge in [0, 0.05) is 19.7 Å². The Labute approximate surface area is 97.0 Å². The maximum absolute atomic E-state index is 12.2. The summed E-state index contributed by atoms with van der Waals surface area (Å²) in [5, 5.41) is 12.3. The fraction of sp³-hybridized carbons (Fsp3) is 0.917. The number of piperidine rings is 1. The first-order valence-electron chi connectivity index (χ1n) is 6.35. The molecule has 2 saturated heterocycles. The monoisotopic (exact) mass is 226 g/mol. The lowest BCUT2D eigenvalue weighted by molar-refractivity contribution is -0.135. The number of hydrogen-bond acceptors (Lipinski definition) is 3. The van der Waals surface area contributed by atoms with Crippen molar-refractivity contribution in [3.8, 4) is 0 Å². The van der Waals surface area contributed by atoms with E-state index >= 15 is 0 Å². The van der Waals surface area contributed by atoms with Crippen molar-refractivity contribution < 1.29 is 9.90 Å². The van der Waals surface area contributed by atoms with Crippen molar-refractivity contribution >= 4 is 5.91 Å². The molecule has 2 atom stereocenters. The smallest absolute Gasteiger partial charge is 0.239 e. The number of carbonyl (C=O) groups is 1. The molecule has 16 heavy (non-hydrogen) atoms. The van der Waals surface area contributed by atoms with Crippen molar-refractivity contribution in [2.75, 3.05) is 26.2 Å². The van der Waals surface area contributed by atoms with Crippen LogP contribution in [-0.2, 0) is 4.79 Å². The molecule has 2 aliphatic heterocycles. The standard InChI is InChI=1S/C12H22N2O2/c1-9-2-5-13-11(9)12(16)14-6-3-10(8-15)4-7-14/h9-11,13,15H,2-8H2,1H3. The number of nitrogens with zero attached hydrogens (tertiary/aromatic N) is 1. The molecule has 2 heterocycles. The van der Waals surface area contributed by atoms with Gasteiger partial charge in [-0.1, -0.05) is 6.92 Å². The Bertz CT molecular complexity index is 249. The van der Waals surface area contributed by atoms with Gasteiger partial charge in [0.05, 0.1) is 6.04 Å². The normalized spacial score (nSPS) is 32.0. The van der Waals surface area contributed by atoms with Gasteiger partial charge in [0.1, 0.15) is 0 Å². The van der Waals surface area contributed by atoms with Crippen LogP contribution < -0.4 is 5.32 Å². The highest BCUT2D eigenvalue weighted by Gasteiger charge is 2.33. The van der Waals surface area contributed by atoms with Crippen LogP contribution in [0.15, 0.2) is 0 Å². The van der Waals surface area contributed by atoms with Gasteiger partial charge in [0.25, 0.3) is 0 Å². The van der Waals surface area contributed by atoms with Gasteiger partial charge < -0.3 is 15.3 Å². The Kier molecular flexibility index (Phi) is 3.82. The zero-order valence-electron chi connectivity index (χ0n) is 9.98. The lowest BCUT2D eigenvalue weighted by Gasteiger charge is -2.33. The summed E-state index contributed by atoms with van der Waals surface area (Å²) in [4.78, 5) is 14.2. The first kappa shape index (κ1) is 11.9. The van der Waals surface area contributed by atoms with Gasteiger partial charge in [0.2, 0.25) is 5.91 Å². The van der Waals surface area contributed by atoms with E-state index in [1.807, 2.05) is 4.90 Å². The van der Waals surface area contributed by atoms with Gasteiger partial charge in [-0.3, -0.25) is 4.79 Å². The van der Waals surface area contributed by atoms with Gasteiger partial charge in [0.15, 0.2) is 0 Å². The lowest BCUT2D eigenvalue weighted by atomic mass is 9.96. The second-order valence-corrected chi connectivity index (χ2v) is 5.15. The highest BCUT2D eigenvalue weighted by atomic mass is 16.3. The summed E-state index contributed by atoms with van der Waals surface area (Å²) >= 11 is 0. The van der Waals surface area contributed by atoms with E-state index in [0.29, 0.717) is 11.8 Å². The summed E-state index contributed by atoms with van der Waals surface area (Å²) in [5.41, 5.74) is 0. The molecule has 0 spiro atoms. The number of aliphatic hydroxyl groups is 1. The number of rotatable bonds is 2. The van der Waals surface area contributed by atoms with Gasteiger partial charge in [-0.2, -0.15) is 0 Å². The van der Waals surface area contributed by atoms with E-state index in [-0.39, 0.29) is 18.6 Å². The number of hydrogen-bond donors (Lipinski definition) is 2. The molecule has 1 amide bonds. The fourth-order valence-electron chi connectivity index (χ4n) is 2.70. The average Bonchev–Trinajstić information content (AvgIpc) is 2.75. The van der Waals surface area contributed by atoms with Gasteiger partial charge >= 0.3 is 0 Å². The second-order valence-electron chi connectivity index (χ2n) is 5.15. The summed E-state index contributed by atoms with van der Waals surface area (Å²) < 4.78 is 0. The molecule has 0 saturated carbocycles. The first-order chi connectivity index (χ1) is 7.72. The molecule has 4 heteroatoms. The number of aliphatic hydroxyl groups excluding tert-OH is 1. The van der Waals surface area contributed by atoms with Crippen LogP contribution in [0.4, 0.5) is 0 Å². The highest BCUT2D eigenvalue weighted by molar-refractivity contribution is 5.82. The number of amides is 1. The first-order valence-corrected chi connectivity index (χ1v) is 6.35. The van der Waals surface area contributed by atoms with E-state index < -0.39 is 0 Å². The van der Waals surface area contributed by atoms with Crippen molar-refractivity contribution in [1.29, 1.82) is 0 Å². The van der Waals surface area contributed by atoms with Crippen molar-refractivity contribution in [3.63, 3.8) is 0 Å². The largest absolute Gasteiger partial charge is 0.396 e. The minimum Gasteiger partial charge on any atom is -0.396 e. The average molecular weight is 226 g/mol. The molecule has 0 bridgehead atoms. The molecule has 2 rings (SSSR count). The number of nitrogens with one attached hydrogen (secondary N) is 1. The minimum absolute atomic E-state index is 0.0330. The summed E-state index contributed by atoms with van der Waals surface area (Å²) in [6.45, 7) is 5.00. The molecule has 4 nitrogen and oxygen atoms in total. The van der Waals surface area contributed by atoms with Crippen molar-refractivity contribution in [1.82, 2.24) is 10.2 Å². The predicted octanol–water partition coefficient (Wildman–Crippen LogP) is 0.215. The number of likely N-dealkylation sites (tertiary alicyclic amines) is 1. The van der Waals surface area contributed by atoms with E-state index in [1.54, 1.807) is 0 Å². The molecule has 2 aliphatic rings. The van der Waals surface area contributed by atoms with E-state index in [9.17, 15) is 4.79 Å². The molecular weight excluding hydrogens is 204 g/mol. The van der Waals surface area contributed by atoms with Crippen LogP contribution in [0.2, 0.25) is 0 Å². The Balaban J connectivity index is 1.86. The molecule has 2 fully saturated rings. The second kappa shape index (κ2) is 5.15. The van der Waals surface area contributed by atoms with Crippen LogP contribution in [0.3, 0.4) is 0 Å². The van der Waals surface area contributed by atoms with Crippen molar-refractivity contribution in [2.45, 2.75) is 32.2 Å². The molecule has 92 valence electrons. The molecular formula is C12H22N2O2. The van der Waals surface area contributed by atoms with Crippen molar-refractivity contribution in [2.24, 2.45) is 11.8 Å². The molecule has 0 aliphatic carbocycles. The SMILES string of the molecule is CC1CCNC1C(=O)N1CCC(CO)CC1. The molecule has 2 unspecified atom stereocenters. The van der Waals surface area contributed by atoms with Crippen LogP contribution in [0.25, 0.3) is 0 Å². The van der Waals surface area contributed by atoms with E-state index in [0.717, 1.165) is 38.9 Å². The van der Waals surface area contributed by atoms with Gasteiger partial charge in [-0.05, 0) is 37.6 Å². The molecule has 0 aromatic rings. The maximum atomic E-state index is 12.2. The van der Waals surface area contributed by atoms with Crippen LogP contribution >= 0.6 is 0 Å². The highest BCUT2D eigenvalue weighted by Crippen LogP contribution is 2.21. The van der Waals surface area contributed by atoms with E-state index in [2.05, 4.69) is 12.2 Å². The predicted molar refractivity (Wildman–Crippen MR) is 62.0 cm³/mol. The van der Waals surface area contributed by atoms with Gasteiger partial charge in [-0.25, -0.2) is 0 Å². The van der Waals surface area contributed by atoms with E-state index in [1.165, 1.54) is 0 Å². The fourth-order valence-corrected chi connectivity index (χ4v) is 2.70. The Morgan fingerprint density at radius 2 is 2.06 bits per heavy atom. The minimum atomic E-state index is 0.0330. The summed E-state index contributed by atoms with van der Waals surface area (Å²) in [6, 6.07) is 0.0330. The van der Waals surface area contributed by atoms with Crippen molar-refractivity contribution in [3.05, 3.63) is 0 Å². The Hall–Kier alpha value is -0.610. The summed E-state index contributed by atoms with van der Waals surface area (Å²) in [5.74, 6) is 1.13. The zero-order chi connectivity index (χ0) is 11.5. The van der Waals surface area contributed by atoms with E-state index in [4.69, 9.17) is 5.11 Å². The van der Waals surface area contributed by atoms with Crippen LogP contribution in [0.5, 0.6) is 0 Å². The quantitative estimate of drug-likeness (QED) is 0.708. The summed E-state index contributed by atoms with van der Waals surface area (Å²) in [6.07, 6.45) is 3.00. The summed E-state index contributed by atoms with van der Waals surface area (Å²) in [7, 11) is 0. The Morgan fingerprint density at radius 1 is 1.38 bits per heavy atom. The van der Waals surface area contributed by atoms with Crippen LogP contribution in [0, 0.1) is 11.8 Å². The van der Waals surface area contributed by atoms with Gasteiger partial charge in [-0.15, -0.1) is 0 Å². The number of carbonyl (C=O) groups excluding carboxylic acids is 1. The third-order valence-corrected chi connectivity index (χ3v) is 3.98. The Morgan fingerprint density at radius 3 is 2.56 bits per heavy atom. The molecule has 2 N–H and O–H groups in total. The topological polar surface area (TPSA) is 52.6 Å². The third-order valence-electron chi connectivity index (χ3n) is 3.98. The van der Waals surface area contributed by atoms with Crippen LogP contribution in [0.1, 0.15) is 26.2 Å². The zero-order valence-corrected chi connectivity index (χ0v) is 9.98. The molecule has 0 aromatic heterocycles. The molecule has 0 aromatic carbocycles. The third kappa shape index (κ3) is 2.38. The van der Waals surface area contributed by atoms with Crippen LogP contribution in [-0.4, -0.2) is 48.2 Å². The molecule has 0 radical (unpaired) electrons.